The molecule has 3 N–H and O–H groups in total. The van der Waals surface area contributed by atoms with Crippen LogP contribution in [0.15, 0.2) is 41.0 Å². The summed E-state index contributed by atoms with van der Waals surface area (Å²) in [4.78, 5) is 26.0. The molecule has 110 valence electrons. The Hall–Kier alpha value is -2.15. The van der Waals surface area contributed by atoms with Crippen LogP contribution in [0.2, 0.25) is 0 Å². The monoisotopic (exact) mass is 353 g/mol. The Morgan fingerprint density at radius 2 is 2.05 bits per heavy atom. The van der Waals surface area contributed by atoms with Crippen molar-refractivity contribution < 1.29 is 14.0 Å². The summed E-state index contributed by atoms with van der Waals surface area (Å²) in [7, 11) is 0. The fourth-order valence-electron chi connectivity index (χ4n) is 1.71. The SMILES string of the molecule is O=C(CCc1cccc(F)c1)NNC(=O)c1cc(Br)c[nH]1. The Kier molecular flexibility index (Phi) is 5.10. The summed E-state index contributed by atoms with van der Waals surface area (Å²) >= 11 is 3.21. The van der Waals surface area contributed by atoms with Crippen LogP contribution in [0.25, 0.3) is 0 Å². The number of nitrogens with one attached hydrogen (secondary N) is 3. The second kappa shape index (κ2) is 7.03. The largest absolute Gasteiger partial charge is 0.356 e. The van der Waals surface area contributed by atoms with E-state index in [0.29, 0.717) is 12.1 Å². The Morgan fingerprint density at radius 1 is 1.24 bits per heavy atom. The summed E-state index contributed by atoms with van der Waals surface area (Å²) in [5.41, 5.74) is 5.66. The number of hydrogen-bond donors (Lipinski definition) is 3. The summed E-state index contributed by atoms with van der Waals surface area (Å²) in [5, 5.41) is 0. The predicted octanol–water partition coefficient (Wildman–Crippen LogP) is 2.31. The van der Waals surface area contributed by atoms with Gasteiger partial charge in [0.25, 0.3) is 5.91 Å². The molecule has 1 aromatic carbocycles. The molecule has 7 heteroatoms. The molecule has 0 fully saturated rings. The number of amides is 2. The molecule has 0 saturated heterocycles. The van der Waals surface area contributed by atoms with Crippen molar-refractivity contribution in [1.29, 1.82) is 0 Å². The molecule has 0 aliphatic carbocycles. The standard InChI is InChI=1S/C14H13BrFN3O2/c15-10-7-12(17-8-10)14(21)19-18-13(20)5-4-9-2-1-3-11(16)6-9/h1-3,6-8,17H,4-5H2,(H,18,20)(H,19,21). The number of halogens is 2. The Labute approximate surface area is 129 Å². The summed E-state index contributed by atoms with van der Waals surface area (Å²) in [6.45, 7) is 0. The van der Waals surface area contributed by atoms with E-state index in [9.17, 15) is 14.0 Å². The van der Waals surface area contributed by atoms with Crippen LogP contribution in [0.4, 0.5) is 4.39 Å². The van der Waals surface area contributed by atoms with Gasteiger partial charge in [-0.3, -0.25) is 20.4 Å². The second-order valence-electron chi connectivity index (χ2n) is 4.36. The van der Waals surface area contributed by atoms with E-state index in [-0.39, 0.29) is 18.1 Å². The van der Waals surface area contributed by atoms with Crippen molar-refractivity contribution in [3.05, 3.63) is 58.1 Å². The minimum atomic E-state index is -0.445. The van der Waals surface area contributed by atoms with E-state index >= 15 is 0 Å². The number of carbonyl (C=O) groups excluding carboxylic acids is 2. The first-order chi connectivity index (χ1) is 10.0. The number of hydrazine groups is 1. The molecule has 1 aromatic heterocycles. The van der Waals surface area contributed by atoms with Crippen LogP contribution in [0.1, 0.15) is 22.5 Å². The lowest BCUT2D eigenvalue weighted by Crippen LogP contribution is -2.41. The quantitative estimate of drug-likeness (QED) is 0.738. The van der Waals surface area contributed by atoms with Gasteiger partial charge in [-0.1, -0.05) is 12.1 Å². The molecule has 2 amide bonds. The van der Waals surface area contributed by atoms with Gasteiger partial charge in [-0.2, -0.15) is 0 Å². The normalized spacial score (nSPS) is 10.2. The highest BCUT2D eigenvalue weighted by Gasteiger charge is 2.09. The fourth-order valence-corrected chi connectivity index (χ4v) is 2.05. The van der Waals surface area contributed by atoms with Gasteiger partial charge in [-0.15, -0.1) is 0 Å². The number of rotatable bonds is 4. The first-order valence-corrected chi connectivity index (χ1v) is 7.01. The van der Waals surface area contributed by atoms with Gasteiger partial charge in [-0.25, -0.2) is 4.39 Å². The van der Waals surface area contributed by atoms with Gasteiger partial charge in [-0.05, 0) is 46.1 Å². The average Bonchev–Trinajstić information content (AvgIpc) is 2.89. The highest BCUT2D eigenvalue weighted by atomic mass is 79.9. The molecule has 0 radical (unpaired) electrons. The predicted molar refractivity (Wildman–Crippen MR) is 78.8 cm³/mol. The first-order valence-electron chi connectivity index (χ1n) is 6.22. The number of hydrogen-bond acceptors (Lipinski definition) is 2. The highest BCUT2D eigenvalue weighted by molar-refractivity contribution is 9.10. The Morgan fingerprint density at radius 3 is 2.71 bits per heavy atom. The Bertz CT molecular complexity index is 657. The van der Waals surface area contributed by atoms with E-state index in [0.717, 1.165) is 10.0 Å². The topological polar surface area (TPSA) is 74.0 Å². The average molecular weight is 354 g/mol. The molecule has 0 saturated carbocycles. The van der Waals surface area contributed by atoms with E-state index in [1.807, 2.05) is 0 Å². The van der Waals surface area contributed by atoms with E-state index < -0.39 is 5.91 Å². The third kappa shape index (κ3) is 4.71. The molecule has 0 aliphatic heterocycles. The second-order valence-corrected chi connectivity index (χ2v) is 5.28. The van der Waals surface area contributed by atoms with Gasteiger partial charge >= 0.3 is 0 Å². The van der Waals surface area contributed by atoms with Gasteiger partial charge in [0.15, 0.2) is 0 Å². The first kappa shape index (κ1) is 15.2. The minimum absolute atomic E-state index is 0.151. The van der Waals surface area contributed by atoms with Crippen molar-refractivity contribution >= 4 is 27.7 Å². The van der Waals surface area contributed by atoms with Gasteiger partial charge in [0.2, 0.25) is 5.91 Å². The molecule has 2 aromatic rings. The molecule has 1 heterocycles. The molecular weight excluding hydrogens is 341 g/mol. The molecule has 0 bridgehead atoms. The summed E-state index contributed by atoms with van der Waals surface area (Å²) in [5.74, 6) is -1.13. The van der Waals surface area contributed by atoms with Gasteiger partial charge in [0.05, 0.1) is 0 Å². The van der Waals surface area contributed by atoms with E-state index in [4.69, 9.17) is 0 Å². The van der Waals surface area contributed by atoms with Crippen LogP contribution in [-0.2, 0) is 11.2 Å². The minimum Gasteiger partial charge on any atom is -0.356 e. The van der Waals surface area contributed by atoms with E-state index in [1.54, 1.807) is 24.4 Å². The van der Waals surface area contributed by atoms with Gasteiger partial charge in [0, 0.05) is 17.1 Å². The molecule has 5 nitrogen and oxygen atoms in total. The molecule has 21 heavy (non-hydrogen) atoms. The maximum atomic E-state index is 13.0. The summed E-state index contributed by atoms with van der Waals surface area (Å²) in [6, 6.07) is 7.65. The third-order valence-corrected chi connectivity index (χ3v) is 3.20. The summed E-state index contributed by atoms with van der Waals surface area (Å²) in [6.07, 6.45) is 2.16. The highest BCUT2D eigenvalue weighted by Crippen LogP contribution is 2.10. The molecule has 0 unspecified atom stereocenters. The molecular formula is C14H13BrFN3O2. The third-order valence-electron chi connectivity index (χ3n) is 2.74. The van der Waals surface area contributed by atoms with Crippen LogP contribution in [0.5, 0.6) is 0 Å². The van der Waals surface area contributed by atoms with Crippen LogP contribution in [-0.4, -0.2) is 16.8 Å². The Balaban J connectivity index is 1.76. The van der Waals surface area contributed by atoms with E-state index in [2.05, 4.69) is 31.8 Å². The van der Waals surface area contributed by atoms with Crippen molar-refractivity contribution in [2.75, 3.05) is 0 Å². The van der Waals surface area contributed by atoms with Gasteiger partial charge < -0.3 is 4.98 Å². The molecule has 0 atom stereocenters. The van der Waals surface area contributed by atoms with Crippen LogP contribution in [0, 0.1) is 5.82 Å². The number of aryl methyl sites for hydroxylation is 1. The fraction of sp³-hybridized carbons (Fsp3) is 0.143. The van der Waals surface area contributed by atoms with E-state index in [1.165, 1.54) is 12.1 Å². The lowest BCUT2D eigenvalue weighted by molar-refractivity contribution is -0.121. The smallest absolute Gasteiger partial charge is 0.286 e. The maximum absolute atomic E-state index is 13.0. The van der Waals surface area contributed by atoms with Crippen molar-refractivity contribution in [3.8, 4) is 0 Å². The van der Waals surface area contributed by atoms with Crippen LogP contribution >= 0.6 is 15.9 Å². The number of H-pyrrole nitrogens is 1. The summed E-state index contributed by atoms with van der Waals surface area (Å²) < 4.78 is 13.7. The van der Waals surface area contributed by atoms with Crippen LogP contribution < -0.4 is 10.9 Å². The zero-order valence-corrected chi connectivity index (χ0v) is 12.5. The van der Waals surface area contributed by atoms with Crippen LogP contribution in [0.3, 0.4) is 0 Å². The number of carbonyl (C=O) groups is 2. The van der Waals surface area contributed by atoms with Crippen molar-refractivity contribution in [3.63, 3.8) is 0 Å². The van der Waals surface area contributed by atoms with Crippen molar-refractivity contribution in [2.45, 2.75) is 12.8 Å². The maximum Gasteiger partial charge on any atom is 0.286 e. The lowest BCUT2D eigenvalue weighted by atomic mass is 10.1. The van der Waals surface area contributed by atoms with Gasteiger partial charge in [0.1, 0.15) is 11.5 Å². The zero-order chi connectivity index (χ0) is 15.2. The molecule has 2 rings (SSSR count). The molecule has 0 aliphatic rings. The zero-order valence-electron chi connectivity index (χ0n) is 11.0. The molecule has 0 spiro atoms. The van der Waals surface area contributed by atoms with Crippen molar-refractivity contribution in [2.24, 2.45) is 0 Å². The number of aromatic amines is 1. The number of aromatic nitrogens is 1. The lowest BCUT2D eigenvalue weighted by Gasteiger charge is -2.06. The van der Waals surface area contributed by atoms with Crippen molar-refractivity contribution in [1.82, 2.24) is 15.8 Å². The number of benzene rings is 1.